The second-order valence-electron chi connectivity index (χ2n) is 11.7. The number of sulfonamides is 1. The molecule has 2 aromatic carbocycles. The monoisotopic (exact) mass is 688 g/mol. The molecule has 4 heterocycles. The van der Waals surface area contributed by atoms with Crippen molar-refractivity contribution >= 4 is 55.6 Å². The number of benzene rings is 2. The van der Waals surface area contributed by atoms with Crippen LogP contribution in [-0.4, -0.2) is 83.7 Å². The zero-order valence-electron chi connectivity index (χ0n) is 26.7. The minimum atomic E-state index is -4.19. The van der Waals surface area contributed by atoms with Gasteiger partial charge in [-0.25, -0.2) is 18.2 Å². The number of oxazole rings is 1. The summed E-state index contributed by atoms with van der Waals surface area (Å²) in [5.41, 5.74) is 2.40. The molecule has 0 fully saturated rings. The molecule has 0 saturated carbocycles. The second kappa shape index (κ2) is 14.3. The predicted molar refractivity (Wildman–Crippen MR) is 181 cm³/mol. The Bertz CT molecular complexity index is 2190. The minimum Gasteiger partial charge on any atom is -0.408 e. The van der Waals surface area contributed by atoms with E-state index in [1.54, 1.807) is 18.2 Å². The Hall–Kier alpha value is -5.48. The van der Waals surface area contributed by atoms with Gasteiger partial charge >= 0.3 is 5.76 Å². The lowest BCUT2D eigenvalue weighted by atomic mass is 10.0. The summed E-state index contributed by atoms with van der Waals surface area (Å²) in [5.74, 6) is -1.71. The van der Waals surface area contributed by atoms with Gasteiger partial charge in [0.1, 0.15) is 17.6 Å². The van der Waals surface area contributed by atoms with E-state index >= 15 is 0 Å². The molecule has 0 radical (unpaired) electrons. The molecule has 15 nitrogen and oxygen atoms in total. The van der Waals surface area contributed by atoms with Crippen molar-refractivity contribution in [2.45, 2.75) is 30.2 Å². The number of anilines is 1. The number of nitrogens with zero attached hydrogens (tertiary/aromatic N) is 3. The standard InChI is InChI=1S/C33H36N8O7S/c1-40-27-12-11-22(18-28(27)48-33(40)45)49(46,47)41-16-5-4-13-36-31(43)26(17-21-19-37-24-8-3-2-7-23(21)24)39-32(44)25-9-6-10-29(38-25)34-14-15-35-30(42)20-41/h2-3,6-12,18-19,26,37H,4-5,13-17,20H2,1H3,(H,34,38)(H,35,42)(H,36,43)(H,39,44)/t26-/m0/s1. The number of nitrogens with one attached hydrogen (secondary N) is 5. The molecule has 3 aromatic heterocycles. The van der Waals surface area contributed by atoms with E-state index in [1.807, 2.05) is 30.5 Å². The number of hydrogen-bond donors (Lipinski definition) is 5. The van der Waals surface area contributed by atoms with Crippen LogP contribution in [0.1, 0.15) is 28.9 Å². The number of carbonyl (C=O) groups excluding carboxylic acids is 3. The summed E-state index contributed by atoms with van der Waals surface area (Å²) in [7, 11) is -2.68. The van der Waals surface area contributed by atoms with Crippen LogP contribution in [0.2, 0.25) is 0 Å². The maximum absolute atomic E-state index is 13.8. The van der Waals surface area contributed by atoms with Crippen LogP contribution >= 0.6 is 0 Å². The highest BCUT2D eigenvalue weighted by Crippen LogP contribution is 2.22. The van der Waals surface area contributed by atoms with Gasteiger partial charge in [0.05, 0.1) is 17.0 Å². The quantitative estimate of drug-likeness (QED) is 0.186. The van der Waals surface area contributed by atoms with Gasteiger partial charge in [0.15, 0.2) is 5.58 Å². The van der Waals surface area contributed by atoms with Gasteiger partial charge in [0.25, 0.3) is 5.91 Å². The van der Waals surface area contributed by atoms with Crippen LogP contribution in [0.5, 0.6) is 0 Å². The number of rotatable bonds is 4. The first kappa shape index (κ1) is 33.4. The predicted octanol–water partition coefficient (Wildman–Crippen LogP) is 1.48. The fourth-order valence-corrected chi connectivity index (χ4v) is 7.14. The summed E-state index contributed by atoms with van der Waals surface area (Å²) < 4.78 is 35.1. The Balaban J connectivity index is 1.23. The Kier molecular flexibility index (Phi) is 9.77. The number of fused-ring (bicyclic) bond motifs is 4. The average molecular weight is 689 g/mol. The second-order valence-corrected chi connectivity index (χ2v) is 13.6. The largest absolute Gasteiger partial charge is 0.419 e. The van der Waals surface area contributed by atoms with Crippen LogP contribution in [0.15, 0.2) is 81.0 Å². The van der Waals surface area contributed by atoms with Gasteiger partial charge in [-0.15, -0.1) is 0 Å². The smallest absolute Gasteiger partial charge is 0.408 e. The third-order valence-electron chi connectivity index (χ3n) is 8.31. The lowest BCUT2D eigenvalue weighted by Gasteiger charge is -2.22. The number of H-pyrrole nitrogens is 1. The Morgan fingerprint density at radius 2 is 1.73 bits per heavy atom. The van der Waals surface area contributed by atoms with E-state index in [9.17, 15) is 27.6 Å². The van der Waals surface area contributed by atoms with Crippen LogP contribution in [0.4, 0.5) is 5.82 Å². The normalized spacial score (nSPS) is 17.7. The number of pyridine rings is 1. The summed E-state index contributed by atoms with van der Waals surface area (Å²) in [6.07, 6.45) is 2.72. The van der Waals surface area contributed by atoms with Crippen molar-refractivity contribution in [1.29, 1.82) is 0 Å². The van der Waals surface area contributed by atoms with Gasteiger partial charge in [-0.05, 0) is 48.7 Å². The van der Waals surface area contributed by atoms with Crippen molar-refractivity contribution < 1.29 is 27.2 Å². The summed E-state index contributed by atoms with van der Waals surface area (Å²) in [5, 5.41) is 12.4. The van der Waals surface area contributed by atoms with Crippen LogP contribution in [0, 0.1) is 0 Å². The molecule has 1 aliphatic rings. The highest BCUT2D eigenvalue weighted by Gasteiger charge is 2.28. The van der Waals surface area contributed by atoms with Gasteiger partial charge < -0.3 is 30.7 Å². The number of aryl methyl sites for hydroxylation is 1. The van der Waals surface area contributed by atoms with Crippen molar-refractivity contribution in [3.05, 3.63) is 88.7 Å². The van der Waals surface area contributed by atoms with Crippen molar-refractivity contribution in [2.75, 3.05) is 38.0 Å². The molecule has 6 rings (SSSR count). The first-order chi connectivity index (χ1) is 23.6. The molecule has 0 aliphatic carbocycles. The molecule has 5 N–H and O–H groups in total. The molecule has 2 bridgehead atoms. The third-order valence-corrected chi connectivity index (χ3v) is 10.2. The molecular weight excluding hydrogens is 652 g/mol. The molecule has 0 saturated heterocycles. The van der Waals surface area contributed by atoms with E-state index in [2.05, 4.69) is 31.2 Å². The average Bonchev–Trinajstić information content (AvgIpc) is 3.63. The first-order valence-electron chi connectivity index (χ1n) is 15.8. The molecule has 0 unspecified atom stereocenters. The molecule has 0 spiro atoms. The van der Waals surface area contributed by atoms with E-state index in [0.29, 0.717) is 24.2 Å². The number of carbonyl (C=O) groups is 3. The number of hydrogen-bond acceptors (Lipinski definition) is 9. The Labute approximate surface area is 281 Å². The summed E-state index contributed by atoms with van der Waals surface area (Å²) >= 11 is 0. The molecular formula is C33H36N8O7S. The third kappa shape index (κ3) is 7.49. The van der Waals surface area contributed by atoms with Crippen molar-refractivity contribution in [3.63, 3.8) is 0 Å². The SMILES string of the molecule is Cn1c(=O)oc2cc(S(=O)(=O)N3CCCCNC(=O)[C@H](Cc4c[nH]c5ccccc45)NC(=O)c4cccc(n4)NCCNC(=O)C3)ccc21. The molecule has 1 atom stereocenters. The van der Waals surface area contributed by atoms with Crippen LogP contribution < -0.4 is 27.0 Å². The zero-order valence-corrected chi connectivity index (χ0v) is 27.5. The van der Waals surface area contributed by atoms with Gasteiger partial charge in [0, 0.05) is 62.8 Å². The van der Waals surface area contributed by atoms with E-state index in [4.69, 9.17) is 4.42 Å². The molecule has 256 valence electrons. The number of para-hydroxylation sites is 1. The maximum Gasteiger partial charge on any atom is 0.419 e. The maximum atomic E-state index is 13.8. The molecule has 16 heteroatoms. The van der Waals surface area contributed by atoms with Crippen LogP contribution in [0.3, 0.4) is 0 Å². The number of amides is 3. The minimum absolute atomic E-state index is 0.0219. The highest BCUT2D eigenvalue weighted by atomic mass is 32.2. The molecule has 49 heavy (non-hydrogen) atoms. The molecule has 3 amide bonds. The van der Waals surface area contributed by atoms with Crippen molar-refractivity contribution in [2.24, 2.45) is 7.05 Å². The topological polar surface area (TPSA) is 201 Å². The van der Waals surface area contributed by atoms with E-state index < -0.39 is 46.1 Å². The van der Waals surface area contributed by atoms with E-state index in [1.165, 1.54) is 29.8 Å². The highest BCUT2D eigenvalue weighted by molar-refractivity contribution is 7.89. The van der Waals surface area contributed by atoms with Gasteiger partial charge in [-0.2, -0.15) is 4.31 Å². The number of aromatic amines is 1. The Morgan fingerprint density at radius 3 is 2.59 bits per heavy atom. The summed E-state index contributed by atoms with van der Waals surface area (Å²) in [6, 6.07) is 15.7. The lowest BCUT2D eigenvalue weighted by Crippen LogP contribution is -2.48. The van der Waals surface area contributed by atoms with Gasteiger partial charge in [-0.3, -0.25) is 19.0 Å². The zero-order chi connectivity index (χ0) is 34.5. The fourth-order valence-electron chi connectivity index (χ4n) is 5.69. The van der Waals surface area contributed by atoms with Crippen LogP contribution in [0.25, 0.3) is 22.0 Å². The molecule has 1 aliphatic heterocycles. The molecule has 5 aromatic rings. The fraction of sp³-hybridized carbons (Fsp3) is 0.303. The van der Waals surface area contributed by atoms with E-state index in [0.717, 1.165) is 20.8 Å². The first-order valence-corrected chi connectivity index (χ1v) is 17.2. The lowest BCUT2D eigenvalue weighted by molar-refractivity contribution is -0.123. The van der Waals surface area contributed by atoms with Crippen LogP contribution in [-0.2, 0) is 33.1 Å². The summed E-state index contributed by atoms with van der Waals surface area (Å²) in [6.45, 7) is 0.108. The van der Waals surface area contributed by atoms with Crippen molar-refractivity contribution in [1.82, 2.24) is 34.8 Å². The van der Waals surface area contributed by atoms with Crippen molar-refractivity contribution in [3.8, 4) is 0 Å². The van der Waals surface area contributed by atoms with Gasteiger partial charge in [-0.1, -0.05) is 24.3 Å². The Morgan fingerprint density at radius 1 is 0.918 bits per heavy atom. The van der Waals surface area contributed by atoms with E-state index in [-0.39, 0.29) is 48.8 Å². The van der Waals surface area contributed by atoms with Gasteiger partial charge in [0.2, 0.25) is 21.8 Å². The summed E-state index contributed by atoms with van der Waals surface area (Å²) in [4.78, 5) is 59.2. The number of aromatic nitrogens is 3.